The number of aromatic carboxylic acids is 1. The molecular formula is C27H33ClN2O5S. The van der Waals surface area contributed by atoms with Gasteiger partial charge in [0.05, 0.1) is 24.3 Å². The van der Waals surface area contributed by atoms with Crippen molar-refractivity contribution in [2.24, 2.45) is 5.92 Å². The predicted octanol–water partition coefficient (Wildman–Crippen LogP) is 4.66. The van der Waals surface area contributed by atoms with E-state index in [4.69, 9.17) is 21.4 Å². The van der Waals surface area contributed by atoms with Crippen LogP contribution in [0.2, 0.25) is 5.02 Å². The molecule has 1 aromatic carbocycles. The van der Waals surface area contributed by atoms with Crippen molar-refractivity contribution in [1.82, 2.24) is 9.88 Å². The number of nitrogens with zero attached hydrogens (tertiary/aromatic N) is 2. The van der Waals surface area contributed by atoms with Crippen LogP contribution >= 0.6 is 11.6 Å². The first-order chi connectivity index (χ1) is 16.9. The third-order valence-corrected chi connectivity index (χ3v) is 9.22. The summed E-state index contributed by atoms with van der Waals surface area (Å²) >= 11 is 4.99. The molecule has 1 saturated heterocycles. The standard InChI is InChI=1S/C27H33ClN2O5S/c1-26(2,3)36(34)16-23(18-5-6-18)30-22(17-7-10-20(28)11-8-17)15-35-27(4,25(30)33)13-21-12-9-19(14-29-21)24(31)32/h7-12,14,18,22-23H,5-6,13,15-16H2,1-4H3,(H,31,32)/t22-,23?,27+,36?/m0/s1. The molecule has 1 aromatic heterocycles. The molecule has 1 aliphatic carbocycles. The van der Waals surface area contributed by atoms with E-state index in [9.17, 15) is 14.1 Å². The van der Waals surface area contributed by atoms with Gasteiger partial charge < -0.3 is 19.3 Å². The first-order valence-electron chi connectivity index (χ1n) is 12.2. The second kappa shape index (κ2) is 10.3. The lowest BCUT2D eigenvalue weighted by atomic mass is 9.90. The van der Waals surface area contributed by atoms with Crippen LogP contribution in [0.4, 0.5) is 0 Å². The molecule has 0 bridgehead atoms. The summed E-state index contributed by atoms with van der Waals surface area (Å²) in [6, 6.07) is 10.0. The quantitative estimate of drug-likeness (QED) is 0.496. The third kappa shape index (κ3) is 5.88. The summed E-state index contributed by atoms with van der Waals surface area (Å²) < 4.78 is 19.1. The van der Waals surface area contributed by atoms with Gasteiger partial charge in [0.25, 0.3) is 5.91 Å². The number of rotatable bonds is 8. The van der Waals surface area contributed by atoms with Crippen LogP contribution in [0, 0.1) is 5.92 Å². The fourth-order valence-electron chi connectivity index (χ4n) is 4.60. The number of carboxylic acids is 1. The van der Waals surface area contributed by atoms with Gasteiger partial charge >= 0.3 is 5.97 Å². The minimum atomic E-state index is -1.18. The molecule has 2 unspecified atom stereocenters. The van der Waals surface area contributed by atoms with Gasteiger partial charge in [0, 0.05) is 23.3 Å². The topological polar surface area (TPSA) is 103 Å². The van der Waals surface area contributed by atoms with Crippen molar-refractivity contribution in [1.29, 1.82) is 0 Å². The van der Waals surface area contributed by atoms with E-state index >= 15 is 0 Å². The number of hydrogen-bond acceptors (Lipinski definition) is 5. The van der Waals surface area contributed by atoms with E-state index in [1.165, 1.54) is 12.3 Å². The Labute approximate surface area is 220 Å². The minimum Gasteiger partial charge on any atom is -0.616 e. The number of halogens is 1. The predicted molar refractivity (Wildman–Crippen MR) is 140 cm³/mol. The van der Waals surface area contributed by atoms with E-state index in [1.54, 1.807) is 25.1 Å². The number of morpholine rings is 1. The lowest BCUT2D eigenvalue weighted by Gasteiger charge is -2.48. The second-order valence-electron chi connectivity index (χ2n) is 10.9. The van der Waals surface area contributed by atoms with Gasteiger partial charge in [-0.3, -0.25) is 9.78 Å². The largest absolute Gasteiger partial charge is 0.616 e. The Bertz CT molecular complexity index is 1100. The number of aromatic nitrogens is 1. The van der Waals surface area contributed by atoms with Crippen molar-refractivity contribution in [3.05, 3.63) is 64.4 Å². The smallest absolute Gasteiger partial charge is 0.337 e. The molecule has 4 rings (SSSR count). The molecule has 2 fully saturated rings. The zero-order valence-corrected chi connectivity index (χ0v) is 22.6. The summed E-state index contributed by atoms with van der Waals surface area (Å²) in [5.74, 6) is -0.515. The molecule has 4 atom stereocenters. The van der Waals surface area contributed by atoms with E-state index in [1.807, 2.05) is 37.8 Å². The van der Waals surface area contributed by atoms with Crippen LogP contribution in [0.1, 0.15) is 68.2 Å². The number of carbonyl (C=O) groups is 2. The summed E-state index contributed by atoms with van der Waals surface area (Å²) in [5, 5.41) is 9.78. The lowest BCUT2D eigenvalue weighted by molar-refractivity contribution is -0.182. The molecule has 1 saturated carbocycles. The van der Waals surface area contributed by atoms with Crippen LogP contribution in [-0.2, 0) is 27.1 Å². The second-order valence-corrected chi connectivity index (χ2v) is 13.6. The van der Waals surface area contributed by atoms with Gasteiger partial charge in [-0.05, 0) is 87.5 Å². The Kier molecular flexibility index (Phi) is 7.72. The van der Waals surface area contributed by atoms with Crippen molar-refractivity contribution in [3.8, 4) is 0 Å². The minimum absolute atomic E-state index is 0.0858. The molecule has 194 valence electrons. The lowest BCUT2D eigenvalue weighted by Crippen LogP contribution is -2.62. The average molecular weight is 533 g/mol. The van der Waals surface area contributed by atoms with Crippen molar-refractivity contribution in [2.75, 3.05) is 12.4 Å². The van der Waals surface area contributed by atoms with Gasteiger partial charge in [0.1, 0.15) is 16.1 Å². The molecule has 36 heavy (non-hydrogen) atoms. The first kappa shape index (κ1) is 26.9. The van der Waals surface area contributed by atoms with Gasteiger partial charge in [-0.2, -0.15) is 0 Å². The third-order valence-electron chi connectivity index (χ3n) is 6.96. The number of amides is 1. The van der Waals surface area contributed by atoms with Gasteiger partial charge in [0.2, 0.25) is 0 Å². The summed E-state index contributed by atoms with van der Waals surface area (Å²) in [6.07, 6.45) is 3.50. The van der Waals surface area contributed by atoms with Crippen LogP contribution in [0.5, 0.6) is 0 Å². The van der Waals surface area contributed by atoms with Crippen LogP contribution in [0.15, 0.2) is 42.6 Å². The van der Waals surface area contributed by atoms with Crippen LogP contribution in [0.3, 0.4) is 0 Å². The Balaban J connectivity index is 1.68. The zero-order chi connectivity index (χ0) is 26.3. The highest BCUT2D eigenvalue weighted by Gasteiger charge is 2.52. The Morgan fingerprint density at radius 1 is 1.28 bits per heavy atom. The van der Waals surface area contributed by atoms with Crippen LogP contribution in [-0.4, -0.2) is 60.2 Å². The molecule has 7 nitrogen and oxygen atoms in total. The van der Waals surface area contributed by atoms with Crippen molar-refractivity contribution in [2.45, 2.75) is 69.4 Å². The molecular weight excluding hydrogens is 500 g/mol. The fraction of sp³-hybridized carbons (Fsp3) is 0.519. The van der Waals surface area contributed by atoms with Gasteiger partial charge in [-0.1, -0.05) is 23.7 Å². The van der Waals surface area contributed by atoms with Crippen LogP contribution in [0.25, 0.3) is 0 Å². The van der Waals surface area contributed by atoms with Gasteiger partial charge in [0.15, 0.2) is 0 Å². The molecule has 0 radical (unpaired) electrons. The number of carboxylic acid groups (broad SMARTS) is 1. The summed E-state index contributed by atoms with van der Waals surface area (Å²) in [5.41, 5.74) is 0.396. The van der Waals surface area contributed by atoms with Crippen molar-refractivity contribution in [3.63, 3.8) is 0 Å². The Morgan fingerprint density at radius 2 is 1.94 bits per heavy atom. The molecule has 9 heteroatoms. The van der Waals surface area contributed by atoms with E-state index in [2.05, 4.69) is 4.98 Å². The van der Waals surface area contributed by atoms with Gasteiger partial charge in [-0.15, -0.1) is 0 Å². The van der Waals surface area contributed by atoms with Crippen molar-refractivity contribution < 1.29 is 24.0 Å². The molecule has 2 heterocycles. The number of hydrogen-bond donors (Lipinski definition) is 1. The van der Waals surface area contributed by atoms with E-state index in [0.717, 1.165) is 18.4 Å². The normalized spacial score (nSPS) is 24.4. The van der Waals surface area contributed by atoms with E-state index < -0.39 is 27.5 Å². The summed E-state index contributed by atoms with van der Waals surface area (Å²) in [7, 11) is 0. The maximum Gasteiger partial charge on any atom is 0.337 e. The maximum atomic E-state index is 14.2. The Hall–Kier alpha value is -2.13. The number of carbonyl (C=O) groups excluding carboxylic acids is 1. The number of benzene rings is 1. The summed E-state index contributed by atoms with van der Waals surface area (Å²) in [4.78, 5) is 31.6. The highest BCUT2D eigenvalue weighted by molar-refractivity contribution is 7.92. The molecule has 2 aliphatic rings. The van der Waals surface area contributed by atoms with E-state index in [0.29, 0.717) is 22.4 Å². The highest BCUT2D eigenvalue weighted by atomic mass is 35.5. The molecule has 1 N–H and O–H groups in total. The molecule has 2 aromatic rings. The maximum absolute atomic E-state index is 14.2. The SMILES string of the molecule is CC(C)(C)[S+]([O-])CC(C1CC1)N1C(=O)[C@@](C)(Cc2ccc(C(=O)O)cn2)OC[C@H]1c1ccc(Cl)cc1. The monoisotopic (exact) mass is 532 g/mol. The summed E-state index contributed by atoms with van der Waals surface area (Å²) in [6.45, 7) is 7.92. The van der Waals surface area contributed by atoms with Gasteiger partial charge in [-0.25, -0.2) is 4.79 Å². The number of ether oxygens (including phenoxy) is 1. The first-order valence-corrected chi connectivity index (χ1v) is 13.9. The average Bonchev–Trinajstić information content (AvgIpc) is 3.65. The van der Waals surface area contributed by atoms with Crippen LogP contribution < -0.4 is 0 Å². The van der Waals surface area contributed by atoms with Crippen molar-refractivity contribution >= 4 is 34.7 Å². The van der Waals surface area contributed by atoms with E-state index in [-0.39, 0.29) is 36.6 Å². The fourth-order valence-corrected chi connectivity index (χ4v) is 5.97. The molecule has 1 aliphatic heterocycles. The Morgan fingerprint density at radius 3 is 2.47 bits per heavy atom. The zero-order valence-electron chi connectivity index (χ0n) is 21.1. The molecule has 1 amide bonds. The number of pyridine rings is 1. The highest BCUT2D eigenvalue weighted by Crippen LogP contribution is 2.44. The molecule has 0 spiro atoms.